The molecule has 4 rings (SSSR count). The van der Waals surface area contributed by atoms with Crippen LogP contribution in [-0.2, 0) is 4.79 Å². The first kappa shape index (κ1) is 17.6. The summed E-state index contributed by atoms with van der Waals surface area (Å²) in [6.07, 6.45) is 11.9. The van der Waals surface area contributed by atoms with Gasteiger partial charge in [-0.1, -0.05) is 12.8 Å². The average molecular weight is 358 g/mol. The highest BCUT2D eigenvalue weighted by molar-refractivity contribution is 5.76. The molecular weight excluding hydrogens is 326 g/mol. The second-order valence-electron chi connectivity index (χ2n) is 8.11. The number of anilines is 2. The van der Waals surface area contributed by atoms with Crippen molar-refractivity contribution >= 4 is 17.5 Å². The first-order chi connectivity index (χ1) is 12.8. The summed E-state index contributed by atoms with van der Waals surface area (Å²) in [6.45, 7) is 4.18. The Hall–Kier alpha value is -1.85. The van der Waals surface area contributed by atoms with E-state index in [1.165, 1.54) is 25.7 Å². The minimum Gasteiger partial charge on any atom is -0.356 e. The van der Waals surface area contributed by atoms with Crippen LogP contribution in [0.3, 0.4) is 0 Å². The minimum absolute atomic E-state index is 0.258. The van der Waals surface area contributed by atoms with E-state index in [1.807, 2.05) is 0 Å². The summed E-state index contributed by atoms with van der Waals surface area (Å²) in [5, 5.41) is 3.23. The molecule has 6 nitrogen and oxygen atoms in total. The van der Waals surface area contributed by atoms with Gasteiger partial charge < -0.3 is 15.1 Å². The predicted molar refractivity (Wildman–Crippen MR) is 103 cm³/mol. The van der Waals surface area contributed by atoms with Crippen LogP contribution in [0, 0.1) is 5.92 Å². The van der Waals surface area contributed by atoms with Gasteiger partial charge in [-0.05, 0) is 44.4 Å². The first-order valence-electron chi connectivity index (χ1n) is 10.4. The summed E-state index contributed by atoms with van der Waals surface area (Å²) in [5.74, 6) is 2.86. The Morgan fingerprint density at radius 2 is 1.54 bits per heavy atom. The van der Waals surface area contributed by atoms with Gasteiger partial charge in [-0.15, -0.1) is 0 Å². The number of hydrogen-bond donors (Lipinski definition) is 1. The molecule has 1 saturated carbocycles. The zero-order chi connectivity index (χ0) is 17.8. The Balaban J connectivity index is 1.26. The Morgan fingerprint density at radius 3 is 2.19 bits per heavy atom. The van der Waals surface area contributed by atoms with Crippen LogP contribution in [0.1, 0.15) is 57.8 Å². The van der Waals surface area contributed by atoms with Gasteiger partial charge in [0.1, 0.15) is 18.0 Å². The lowest BCUT2D eigenvalue weighted by Gasteiger charge is -2.33. The van der Waals surface area contributed by atoms with Crippen molar-refractivity contribution in [3.8, 4) is 0 Å². The molecule has 3 aliphatic rings. The minimum atomic E-state index is 0.258. The smallest absolute Gasteiger partial charge is 0.220 e. The third kappa shape index (κ3) is 4.27. The van der Waals surface area contributed by atoms with E-state index in [4.69, 9.17) is 0 Å². The van der Waals surface area contributed by atoms with Crippen LogP contribution in [0.5, 0.6) is 0 Å². The maximum atomic E-state index is 12.3. The molecule has 26 heavy (non-hydrogen) atoms. The van der Waals surface area contributed by atoms with Crippen LogP contribution in [0.15, 0.2) is 12.4 Å². The van der Waals surface area contributed by atoms with Gasteiger partial charge >= 0.3 is 0 Å². The van der Waals surface area contributed by atoms with E-state index in [1.54, 1.807) is 6.33 Å². The molecule has 1 aromatic rings. The Morgan fingerprint density at radius 1 is 0.923 bits per heavy atom. The van der Waals surface area contributed by atoms with Crippen molar-refractivity contribution in [3.63, 3.8) is 0 Å². The first-order valence-corrected chi connectivity index (χ1v) is 10.4. The largest absolute Gasteiger partial charge is 0.356 e. The molecule has 6 heteroatoms. The summed E-state index contributed by atoms with van der Waals surface area (Å²) in [4.78, 5) is 25.9. The second-order valence-corrected chi connectivity index (χ2v) is 8.11. The number of amides is 1. The summed E-state index contributed by atoms with van der Waals surface area (Å²) >= 11 is 0. The number of piperidine rings is 1. The zero-order valence-corrected chi connectivity index (χ0v) is 15.7. The zero-order valence-electron chi connectivity index (χ0n) is 15.7. The summed E-state index contributed by atoms with van der Waals surface area (Å²) in [5.41, 5.74) is 0. The molecule has 142 valence electrons. The number of hydrogen-bond acceptors (Lipinski definition) is 5. The van der Waals surface area contributed by atoms with Gasteiger partial charge in [0.05, 0.1) is 0 Å². The van der Waals surface area contributed by atoms with E-state index in [2.05, 4.69) is 31.2 Å². The van der Waals surface area contributed by atoms with Gasteiger partial charge in [0, 0.05) is 44.7 Å². The Kier molecular flexibility index (Phi) is 5.56. The Bertz CT molecular complexity index is 602. The van der Waals surface area contributed by atoms with E-state index in [9.17, 15) is 4.79 Å². The molecule has 1 aromatic heterocycles. The highest BCUT2D eigenvalue weighted by Gasteiger charge is 2.25. The van der Waals surface area contributed by atoms with E-state index in [-0.39, 0.29) is 5.91 Å². The van der Waals surface area contributed by atoms with Crippen LogP contribution >= 0.6 is 0 Å². The number of nitrogens with zero attached hydrogens (tertiary/aromatic N) is 4. The van der Waals surface area contributed by atoms with Crippen LogP contribution in [0.2, 0.25) is 0 Å². The lowest BCUT2D eigenvalue weighted by Crippen LogP contribution is -2.38. The topological polar surface area (TPSA) is 61.4 Å². The summed E-state index contributed by atoms with van der Waals surface area (Å²) < 4.78 is 0. The molecule has 0 atom stereocenters. The third-order valence-electron chi connectivity index (χ3n) is 6.20. The molecule has 3 heterocycles. The van der Waals surface area contributed by atoms with Crippen molar-refractivity contribution < 1.29 is 4.79 Å². The average Bonchev–Trinajstić information content (AvgIpc) is 3.36. The highest BCUT2D eigenvalue weighted by atomic mass is 16.1. The van der Waals surface area contributed by atoms with Crippen LogP contribution in [0.4, 0.5) is 11.6 Å². The molecule has 0 spiro atoms. The van der Waals surface area contributed by atoms with Crippen LogP contribution in [-0.4, -0.2) is 48.1 Å². The number of carbonyl (C=O) groups is 1. The molecule has 0 radical (unpaired) electrons. The number of carbonyl (C=O) groups excluding carboxylic acids is 1. The molecule has 2 aliphatic heterocycles. The third-order valence-corrected chi connectivity index (χ3v) is 6.20. The van der Waals surface area contributed by atoms with Crippen LogP contribution < -0.4 is 15.1 Å². The molecule has 1 N–H and O–H groups in total. The van der Waals surface area contributed by atoms with E-state index < -0.39 is 0 Å². The number of rotatable bonds is 5. The fourth-order valence-electron chi connectivity index (χ4n) is 4.61. The van der Waals surface area contributed by atoms with Gasteiger partial charge in [-0.3, -0.25) is 4.79 Å². The van der Waals surface area contributed by atoms with Crippen LogP contribution in [0.25, 0.3) is 0 Å². The van der Waals surface area contributed by atoms with Crippen molar-refractivity contribution in [2.75, 3.05) is 36.0 Å². The summed E-state index contributed by atoms with van der Waals surface area (Å²) in [7, 11) is 0. The van der Waals surface area contributed by atoms with E-state index >= 15 is 0 Å². The lowest BCUT2D eigenvalue weighted by molar-refractivity contribution is -0.122. The molecule has 1 aliphatic carbocycles. The predicted octanol–water partition coefficient (Wildman–Crippen LogP) is 2.74. The van der Waals surface area contributed by atoms with Gasteiger partial charge in [-0.2, -0.15) is 0 Å². The van der Waals surface area contributed by atoms with Gasteiger partial charge in [0.25, 0.3) is 0 Å². The number of nitrogens with one attached hydrogen (secondary N) is 1. The molecule has 0 aromatic carbocycles. The summed E-state index contributed by atoms with van der Waals surface area (Å²) in [6, 6.07) is 2.57. The molecule has 0 unspecified atom stereocenters. The van der Waals surface area contributed by atoms with Crippen molar-refractivity contribution in [2.45, 2.75) is 63.8 Å². The van der Waals surface area contributed by atoms with E-state index in [0.29, 0.717) is 18.4 Å². The maximum absolute atomic E-state index is 12.3. The van der Waals surface area contributed by atoms with Crippen molar-refractivity contribution in [2.24, 2.45) is 5.92 Å². The molecular formula is C20H31N5O. The normalized spacial score (nSPS) is 22.2. The maximum Gasteiger partial charge on any atom is 0.220 e. The SMILES string of the molecule is O=C(CC1CCN(c2cc(N3CCCC3)ncn2)CC1)NC1CCCC1. The van der Waals surface area contributed by atoms with Crippen molar-refractivity contribution in [3.05, 3.63) is 12.4 Å². The molecule has 3 fully saturated rings. The van der Waals surface area contributed by atoms with Crippen molar-refractivity contribution in [1.29, 1.82) is 0 Å². The van der Waals surface area contributed by atoms with Gasteiger partial charge in [0.15, 0.2) is 0 Å². The van der Waals surface area contributed by atoms with E-state index in [0.717, 1.165) is 63.5 Å². The molecule has 1 amide bonds. The monoisotopic (exact) mass is 357 g/mol. The number of aromatic nitrogens is 2. The molecule has 2 saturated heterocycles. The van der Waals surface area contributed by atoms with Crippen molar-refractivity contribution in [1.82, 2.24) is 15.3 Å². The molecule has 0 bridgehead atoms. The fraction of sp³-hybridized carbons (Fsp3) is 0.750. The lowest BCUT2D eigenvalue weighted by atomic mass is 9.93. The second kappa shape index (κ2) is 8.23. The van der Waals surface area contributed by atoms with Gasteiger partial charge in [-0.25, -0.2) is 9.97 Å². The van der Waals surface area contributed by atoms with Gasteiger partial charge in [0.2, 0.25) is 5.91 Å². The quantitative estimate of drug-likeness (QED) is 0.878. The Labute approximate surface area is 156 Å². The highest BCUT2D eigenvalue weighted by Crippen LogP contribution is 2.27. The standard InChI is InChI=1S/C20H31N5O/c26-20(23-17-5-1-2-6-17)13-16-7-11-25(12-8-16)19-14-18(21-15-22-19)24-9-3-4-10-24/h14-17H,1-13H2,(H,23,26). The fourth-order valence-corrected chi connectivity index (χ4v) is 4.61.